The van der Waals surface area contributed by atoms with E-state index >= 15 is 0 Å². The molecule has 90 valence electrons. The summed E-state index contributed by atoms with van der Waals surface area (Å²) in [5.74, 6) is 0.398. The van der Waals surface area contributed by atoms with Gasteiger partial charge in [-0.2, -0.15) is 0 Å². The lowest BCUT2D eigenvalue weighted by molar-refractivity contribution is 0.0915. The van der Waals surface area contributed by atoms with Crippen LogP contribution in [0.1, 0.15) is 33.6 Å². The normalized spacial score (nSPS) is 30.4. The molecule has 15 heavy (non-hydrogen) atoms. The molecule has 0 bridgehead atoms. The highest BCUT2D eigenvalue weighted by molar-refractivity contribution is 4.85. The minimum atomic E-state index is 0.303. The lowest BCUT2D eigenvalue weighted by Gasteiger charge is -2.41. The molecule has 0 amide bonds. The van der Waals surface area contributed by atoms with Crippen molar-refractivity contribution in [3.8, 4) is 0 Å². The summed E-state index contributed by atoms with van der Waals surface area (Å²) in [6.07, 6.45) is 2.39. The molecular weight excluding hydrogens is 188 g/mol. The molecule has 0 aromatic carbocycles. The maximum absolute atomic E-state index is 9.11. The second-order valence-electron chi connectivity index (χ2n) is 4.82. The smallest absolute Gasteiger partial charge is 0.0468 e. The van der Waals surface area contributed by atoms with E-state index in [0.717, 1.165) is 19.6 Å². The van der Waals surface area contributed by atoms with Gasteiger partial charge in [-0.25, -0.2) is 0 Å². The lowest BCUT2D eigenvalue weighted by Crippen LogP contribution is -2.57. The van der Waals surface area contributed by atoms with Crippen LogP contribution in [0.25, 0.3) is 0 Å². The molecule has 1 heterocycles. The maximum Gasteiger partial charge on any atom is 0.0468 e. The quantitative estimate of drug-likeness (QED) is 0.719. The van der Waals surface area contributed by atoms with Crippen LogP contribution in [-0.4, -0.2) is 48.3 Å². The number of hydrogen-bond donors (Lipinski definition) is 2. The predicted octanol–water partition coefficient (Wildman–Crippen LogP) is 1.08. The van der Waals surface area contributed by atoms with Gasteiger partial charge in [0, 0.05) is 38.3 Å². The van der Waals surface area contributed by atoms with Gasteiger partial charge >= 0.3 is 0 Å². The van der Waals surface area contributed by atoms with Crippen molar-refractivity contribution in [1.29, 1.82) is 0 Å². The second-order valence-corrected chi connectivity index (χ2v) is 4.82. The van der Waals surface area contributed by atoms with Gasteiger partial charge in [0.05, 0.1) is 0 Å². The molecule has 1 saturated heterocycles. The summed E-state index contributed by atoms with van der Waals surface area (Å²) >= 11 is 0. The molecule has 0 radical (unpaired) electrons. The Kier molecular flexibility index (Phi) is 5.58. The summed E-state index contributed by atoms with van der Waals surface area (Å²) in [6.45, 7) is 10.2. The third kappa shape index (κ3) is 3.74. The summed E-state index contributed by atoms with van der Waals surface area (Å²) in [7, 11) is 0. The molecule has 3 nitrogen and oxygen atoms in total. The third-order valence-corrected chi connectivity index (χ3v) is 3.44. The molecular formula is C12H26N2O. The fourth-order valence-corrected chi connectivity index (χ4v) is 2.29. The van der Waals surface area contributed by atoms with Crippen LogP contribution in [0.2, 0.25) is 0 Å². The Morgan fingerprint density at radius 2 is 2.13 bits per heavy atom. The van der Waals surface area contributed by atoms with Crippen molar-refractivity contribution in [3.05, 3.63) is 0 Å². The van der Waals surface area contributed by atoms with E-state index < -0.39 is 0 Å². The standard InChI is InChI=1S/C12H26N2O/c1-4-11-8-14(7-10(3)9-15)12(5-2)6-13-11/h10-13,15H,4-9H2,1-3H3. The zero-order valence-electron chi connectivity index (χ0n) is 10.4. The van der Waals surface area contributed by atoms with E-state index in [4.69, 9.17) is 5.11 Å². The minimum Gasteiger partial charge on any atom is -0.396 e. The summed E-state index contributed by atoms with van der Waals surface area (Å²) in [6, 6.07) is 1.29. The fraction of sp³-hybridized carbons (Fsp3) is 1.00. The zero-order valence-corrected chi connectivity index (χ0v) is 10.4. The first-order chi connectivity index (χ1) is 7.21. The number of aliphatic hydroxyl groups excluding tert-OH is 1. The Morgan fingerprint density at radius 3 is 2.67 bits per heavy atom. The highest BCUT2D eigenvalue weighted by atomic mass is 16.3. The van der Waals surface area contributed by atoms with Crippen molar-refractivity contribution in [2.24, 2.45) is 5.92 Å². The molecule has 1 aliphatic heterocycles. The van der Waals surface area contributed by atoms with E-state index in [1.165, 1.54) is 12.8 Å². The van der Waals surface area contributed by atoms with Crippen molar-refractivity contribution in [3.63, 3.8) is 0 Å². The molecule has 3 unspecified atom stereocenters. The van der Waals surface area contributed by atoms with Crippen LogP contribution >= 0.6 is 0 Å². The average Bonchev–Trinajstić information content (AvgIpc) is 2.28. The van der Waals surface area contributed by atoms with Gasteiger partial charge in [-0.1, -0.05) is 20.8 Å². The molecule has 0 spiro atoms. The molecule has 0 aliphatic carbocycles. The van der Waals surface area contributed by atoms with Crippen LogP contribution in [0, 0.1) is 5.92 Å². The van der Waals surface area contributed by atoms with Crippen LogP contribution in [0.15, 0.2) is 0 Å². The van der Waals surface area contributed by atoms with Gasteiger partial charge in [0.25, 0.3) is 0 Å². The third-order valence-electron chi connectivity index (χ3n) is 3.44. The van der Waals surface area contributed by atoms with Crippen LogP contribution in [-0.2, 0) is 0 Å². The molecule has 1 aliphatic rings. The zero-order chi connectivity index (χ0) is 11.3. The molecule has 3 heteroatoms. The fourth-order valence-electron chi connectivity index (χ4n) is 2.29. The number of nitrogens with one attached hydrogen (secondary N) is 1. The number of nitrogens with zero attached hydrogens (tertiary/aromatic N) is 1. The molecule has 0 saturated carbocycles. The van der Waals surface area contributed by atoms with Crippen molar-refractivity contribution >= 4 is 0 Å². The second kappa shape index (κ2) is 6.46. The summed E-state index contributed by atoms with van der Waals surface area (Å²) in [5, 5.41) is 12.7. The van der Waals surface area contributed by atoms with Gasteiger partial charge in [-0.05, 0) is 18.8 Å². The number of aliphatic hydroxyl groups is 1. The Hall–Kier alpha value is -0.120. The Bertz CT molecular complexity index is 173. The van der Waals surface area contributed by atoms with E-state index in [1.807, 2.05) is 0 Å². The first-order valence-electron chi connectivity index (χ1n) is 6.29. The average molecular weight is 214 g/mol. The molecule has 0 aromatic rings. The first kappa shape index (κ1) is 12.9. The van der Waals surface area contributed by atoms with Crippen LogP contribution in [0.3, 0.4) is 0 Å². The van der Waals surface area contributed by atoms with Crippen molar-refractivity contribution < 1.29 is 5.11 Å². The van der Waals surface area contributed by atoms with E-state index in [9.17, 15) is 0 Å². The van der Waals surface area contributed by atoms with Gasteiger partial charge in [-0.3, -0.25) is 4.90 Å². The van der Waals surface area contributed by atoms with Crippen molar-refractivity contribution in [1.82, 2.24) is 10.2 Å². The molecule has 2 N–H and O–H groups in total. The van der Waals surface area contributed by atoms with Crippen LogP contribution in [0.4, 0.5) is 0 Å². The number of hydrogen-bond acceptors (Lipinski definition) is 3. The highest BCUT2D eigenvalue weighted by Gasteiger charge is 2.26. The van der Waals surface area contributed by atoms with Crippen molar-refractivity contribution in [2.45, 2.75) is 45.7 Å². The molecule has 3 atom stereocenters. The van der Waals surface area contributed by atoms with Gasteiger partial charge in [-0.15, -0.1) is 0 Å². The molecule has 0 aromatic heterocycles. The van der Waals surface area contributed by atoms with E-state index in [2.05, 4.69) is 31.0 Å². The van der Waals surface area contributed by atoms with Gasteiger partial charge in [0.1, 0.15) is 0 Å². The Morgan fingerprint density at radius 1 is 1.40 bits per heavy atom. The lowest BCUT2D eigenvalue weighted by atomic mass is 10.0. The van der Waals surface area contributed by atoms with Gasteiger partial charge in [0.2, 0.25) is 0 Å². The Balaban J connectivity index is 2.47. The predicted molar refractivity (Wildman–Crippen MR) is 64.0 cm³/mol. The largest absolute Gasteiger partial charge is 0.396 e. The number of piperazine rings is 1. The van der Waals surface area contributed by atoms with Crippen molar-refractivity contribution in [2.75, 3.05) is 26.2 Å². The summed E-state index contributed by atoms with van der Waals surface area (Å²) in [5.41, 5.74) is 0. The summed E-state index contributed by atoms with van der Waals surface area (Å²) < 4.78 is 0. The van der Waals surface area contributed by atoms with Crippen LogP contribution in [0.5, 0.6) is 0 Å². The van der Waals surface area contributed by atoms with Gasteiger partial charge < -0.3 is 10.4 Å². The maximum atomic E-state index is 9.11. The van der Waals surface area contributed by atoms with E-state index in [0.29, 0.717) is 24.6 Å². The Labute approximate surface area is 93.9 Å². The summed E-state index contributed by atoms with van der Waals surface area (Å²) in [4.78, 5) is 2.55. The first-order valence-corrected chi connectivity index (χ1v) is 6.29. The molecule has 1 fully saturated rings. The number of rotatable bonds is 5. The monoisotopic (exact) mass is 214 g/mol. The highest BCUT2D eigenvalue weighted by Crippen LogP contribution is 2.13. The minimum absolute atomic E-state index is 0.303. The topological polar surface area (TPSA) is 35.5 Å². The SMILES string of the molecule is CCC1CN(CC(C)CO)C(CC)CN1. The van der Waals surface area contributed by atoms with Gasteiger partial charge in [0.15, 0.2) is 0 Å². The molecule has 1 rings (SSSR count). The van der Waals surface area contributed by atoms with E-state index in [1.54, 1.807) is 0 Å². The van der Waals surface area contributed by atoms with Crippen LogP contribution < -0.4 is 5.32 Å². The van der Waals surface area contributed by atoms with E-state index in [-0.39, 0.29) is 0 Å².